The Labute approximate surface area is 133 Å². The highest BCUT2D eigenvalue weighted by Crippen LogP contribution is 2.31. The fraction of sp³-hybridized carbons (Fsp3) is 0.0556. The lowest BCUT2D eigenvalue weighted by Gasteiger charge is -2.06. The van der Waals surface area contributed by atoms with Crippen molar-refractivity contribution in [2.75, 3.05) is 0 Å². The summed E-state index contributed by atoms with van der Waals surface area (Å²) in [5, 5.41) is 18.0. The first-order valence-electron chi connectivity index (χ1n) is 6.98. The molecule has 2 aromatic rings. The number of rotatable bonds is 2. The van der Waals surface area contributed by atoms with Gasteiger partial charge in [0, 0.05) is 17.6 Å². The summed E-state index contributed by atoms with van der Waals surface area (Å²) in [6.45, 7) is 0. The third-order valence-corrected chi connectivity index (χ3v) is 3.62. The van der Waals surface area contributed by atoms with Crippen LogP contribution < -0.4 is 5.73 Å². The summed E-state index contributed by atoms with van der Waals surface area (Å²) in [7, 11) is 0. The molecule has 0 amide bonds. The van der Waals surface area contributed by atoms with E-state index in [2.05, 4.69) is 11.1 Å². The standard InChI is InChI=1S/C18H13N3O2/c19-10-11-1-3-12(4-2-11)13-5-6-14-7-15(18(22)23)9-17(20)21-16(14)8-13/h1-8H,9H2,(H2,20,21)(H,22,23). The number of fused-ring (bicyclic) bond motifs is 1. The minimum atomic E-state index is -0.993. The molecule has 0 saturated heterocycles. The van der Waals surface area contributed by atoms with Crippen LogP contribution in [0.1, 0.15) is 17.5 Å². The molecule has 0 atom stereocenters. The van der Waals surface area contributed by atoms with Crippen LogP contribution >= 0.6 is 0 Å². The number of hydrogen-bond donors (Lipinski definition) is 2. The predicted molar refractivity (Wildman–Crippen MR) is 88.1 cm³/mol. The quantitative estimate of drug-likeness (QED) is 0.890. The molecular weight excluding hydrogens is 290 g/mol. The topological polar surface area (TPSA) is 99.5 Å². The van der Waals surface area contributed by atoms with E-state index in [1.165, 1.54) is 0 Å². The third-order valence-electron chi connectivity index (χ3n) is 3.62. The molecule has 0 radical (unpaired) electrons. The summed E-state index contributed by atoms with van der Waals surface area (Å²) in [5.74, 6) is -0.721. The number of aliphatic imine (C=N–C) groups is 1. The van der Waals surface area contributed by atoms with Crippen molar-refractivity contribution in [3.8, 4) is 17.2 Å². The molecule has 0 aromatic heterocycles. The lowest BCUT2D eigenvalue weighted by atomic mass is 10.0. The zero-order chi connectivity index (χ0) is 16.4. The first-order chi connectivity index (χ1) is 11.1. The fourth-order valence-corrected chi connectivity index (χ4v) is 2.44. The molecule has 0 unspecified atom stereocenters. The summed E-state index contributed by atoms with van der Waals surface area (Å²) in [6.07, 6.45) is 1.72. The maximum absolute atomic E-state index is 11.2. The number of carbonyl (C=O) groups is 1. The molecule has 0 aliphatic carbocycles. The second-order valence-corrected chi connectivity index (χ2v) is 5.22. The van der Waals surface area contributed by atoms with Crippen LogP contribution in [0.5, 0.6) is 0 Å². The molecule has 0 spiro atoms. The van der Waals surface area contributed by atoms with Gasteiger partial charge in [0.1, 0.15) is 5.84 Å². The number of nitriles is 1. The van der Waals surface area contributed by atoms with Gasteiger partial charge in [0.15, 0.2) is 0 Å². The molecule has 1 aliphatic heterocycles. The number of nitrogens with two attached hydrogens (primary N) is 1. The van der Waals surface area contributed by atoms with Gasteiger partial charge in [-0.25, -0.2) is 9.79 Å². The summed E-state index contributed by atoms with van der Waals surface area (Å²) >= 11 is 0. The van der Waals surface area contributed by atoms with Crippen molar-refractivity contribution in [1.82, 2.24) is 0 Å². The van der Waals surface area contributed by atoms with Crippen molar-refractivity contribution in [2.24, 2.45) is 10.7 Å². The van der Waals surface area contributed by atoms with Gasteiger partial charge in [-0.15, -0.1) is 0 Å². The molecule has 0 saturated carbocycles. The van der Waals surface area contributed by atoms with Gasteiger partial charge in [0.05, 0.1) is 17.3 Å². The van der Waals surface area contributed by atoms with Crippen LogP contribution in [0.4, 0.5) is 5.69 Å². The minimum absolute atomic E-state index is 0.121. The zero-order valence-corrected chi connectivity index (χ0v) is 12.2. The van der Waals surface area contributed by atoms with Crippen LogP contribution in [0.3, 0.4) is 0 Å². The molecule has 23 heavy (non-hydrogen) atoms. The van der Waals surface area contributed by atoms with Crippen molar-refractivity contribution in [3.05, 3.63) is 59.2 Å². The third kappa shape index (κ3) is 2.97. The summed E-state index contributed by atoms with van der Waals surface area (Å²) < 4.78 is 0. The highest BCUT2D eigenvalue weighted by atomic mass is 16.4. The summed E-state index contributed by atoms with van der Waals surface area (Å²) in [5.41, 5.74) is 9.87. The molecule has 0 fully saturated rings. The summed E-state index contributed by atoms with van der Waals surface area (Å²) in [6, 6.07) is 14.9. The predicted octanol–water partition coefficient (Wildman–Crippen LogP) is 3.09. The lowest BCUT2D eigenvalue weighted by molar-refractivity contribution is -0.132. The molecule has 112 valence electrons. The van der Waals surface area contributed by atoms with E-state index in [0.29, 0.717) is 11.3 Å². The molecular formula is C18H13N3O2. The number of hydrogen-bond acceptors (Lipinski definition) is 4. The first kappa shape index (κ1) is 14.5. The Balaban J connectivity index is 2.07. The number of aliphatic carboxylic acids is 1. The van der Waals surface area contributed by atoms with Gasteiger partial charge in [-0.3, -0.25) is 0 Å². The normalized spacial score (nSPS) is 13.2. The van der Waals surface area contributed by atoms with Crippen LogP contribution in [0.25, 0.3) is 17.2 Å². The van der Waals surface area contributed by atoms with Crippen molar-refractivity contribution in [3.63, 3.8) is 0 Å². The Bertz CT molecular complexity index is 887. The van der Waals surface area contributed by atoms with Gasteiger partial charge < -0.3 is 10.8 Å². The van der Waals surface area contributed by atoms with E-state index in [4.69, 9.17) is 11.0 Å². The maximum atomic E-state index is 11.2. The van der Waals surface area contributed by atoms with Crippen molar-refractivity contribution in [2.45, 2.75) is 6.42 Å². The van der Waals surface area contributed by atoms with E-state index in [-0.39, 0.29) is 17.8 Å². The largest absolute Gasteiger partial charge is 0.478 e. The Morgan fingerprint density at radius 1 is 1.17 bits per heavy atom. The highest BCUT2D eigenvalue weighted by Gasteiger charge is 2.15. The molecule has 2 aromatic carbocycles. The minimum Gasteiger partial charge on any atom is -0.478 e. The monoisotopic (exact) mass is 303 g/mol. The Morgan fingerprint density at radius 2 is 1.87 bits per heavy atom. The second-order valence-electron chi connectivity index (χ2n) is 5.22. The van der Waals surface area contributed by atoms with Crippen molar-refractivity contribution >= 4 is 23.6 Å². The number of carboxylic acid groups (broad SMARTS) is 1. The SMILES string of the molecule is N#Cc1ccc(-c2ccc3c(c2)N=C(N)CC(C(=O)O)=C3)cc1. The van der Waals surface area contributed by atoms with E-state index < -0.39 is 5.97 Å². The van der Waals surface area contributed by atoms with Gasteiger partial charge in [-0.2, -0.15) is 5.26 Å². The Morgan fingerprint density at radius 3 is 2.52 bits per heavy atom. The van der Waals surface area contributed by atoms with E-state index >= 15 is 0 Å². The Kier molecular flexibility index (Phi) is 3.65. The number of benzene rings is 2. The molecule has 5 heteroatoms. The first-order valence-corrected chi connectivity index (χ1v) is 6.98. The number of nitrogens with zero attached hydrogens (tertiary/aromatic N) is 2. The van der Waals surface area contributed by atoms with E-state index in [0.717, 1.165) is 16.7 Å². The van der Waals surface area contributed by atoms with Crippen LogP contribution in [-0.4, -0.2) is 16.9 Å². The van der Waals surface area contributed by atoms with Gasteiger partial charge in [0.2, 0.25) is 0 Å². The molecule has 1 aliphatic rings. The number of carboxylic acids is 1. The van der Waals surface area contributed by atoms with Crippen LogP contribution in [-0.2, 0) is 4.79 Å². The van der Waals surface area contributed by atoms with Crippen molar-refractivity contribution in [1.29, 1.82) is 5.26 Å². The molecule has 3 rings (SSSR count). The maximum Gasteiger partial charge on any atom is 0.332 e. The van der Waals surface area contributed by atoms with E-state index in [9.17, 15) is 9.90 Å². The molecule has 0 bridgehead atoms. The fourth-order valence-electron chi connectivity index (χ4n) is 2.44. The number of amidine groups is 1. The van der Waals surface area contributed by atoms with E-state index in [1.807, 2.05) is 30.3 Å². The van der Waals surface area contributed by atoms with Gasteiger partial charge >= 0.3 is 5.97 Å². The second kappa shape index (κ2) is 5.78. The molecule has 5 nitrogen and oxygen atoms in total. The van der Waals surface area contributed by atoms with E-state index in [1.54, 1.807) is 18.2 Å². The van der Waals surface area contributed by atoms with Crippen LogP contribution in [0.2, 0.25) is 0 Å². The smallest absolute Gasteiger partial charge is 0.332 e. The molecule has 3 N–H and O–H groups in total. The average Bonchev–Trinajstić information content (AvgIpc) is 2.72. The van der Waals surface area contributed by atoms with Crippen LogP contribution in [0.15, 0.2) is 53.0 Å². The van der Waals surface area contributed by atoms with Crippen LogP contribution in [0, 0.1) is 11.3 Å². The Hall–Kier alpha value is -3.39. The summed E-state index contributed by atoms with van der Waals surface area (Å²) in [4.78, 5) is 15.5. The average molecular weight is 303 g/mol. The lowest BCUT2D eigenvalue weighted by Crippen LogP contribution is -2.14. The zero-order valence-electron chi connectivity index (χ0n) is 12.2. The van der Waals surface area contributed by atoms with Gasteiger partial charge in [0.25, 0.3) is 0 Å². The van der Waals surface area contributed by atoms with Crippen molar-refractivity contribution < 1.29 is 9.90 Å². The highest BCUT2D eigenvalue weighted by molar-refractivity contribution is 6.02. The van der Waals surface area contributed by atoms with Gasteiger partial charge in [-0.05, 0) is 35.4 Å². The van der Waals surface area contributed by atoms with Gasteiger partial charge in [-0.1, -0.05) is 24.3 Å². The molecule has 1 heterocycles.